The standard InChI is InChI=1S/C44B28O/c45-15-3-1(5-8(20(50)34(64)31(61)17(5)47)12-26(56)35(65)39(69)36(66)27(12)57)4-7(19(49)33(63)30(60)16(4)46)2(6(3)18(48)32(62)29(15)59)11-22(52)24(54)13(25(55)23(11)53)9-10-14-28(58)37(67)40(70)42(72)44(14)73-43(10)41(71)38(68)21(9)51. The molecule has 56 radical (unpaired) electrons. The van der Waals surface area contributed by atoms with Gasteiger partial charge in [0.15, 0.2) is 0 Å². The molecule has 0 spiro atoms. The molecule has 0 aliphatic rings. The summed E-state index contributed by atoms with van der Waals surface area (Å²) < 4.78 is 6.19. The Labute approximate surface area is 461 Å². The molecule has 1 heterocycles. The lowest BCUT2D eigenvalue weighted by Crippen LogP contribution is -2.57. The van der Waals surface area contributed by atoms with Crippen LogP contribution in [0.2, 0.25) is 0 Å². The number of hydrogen-bond acceptors (Lipinski definition) is 1. The third-order valence-corrected chi connectivity index (χ3v) is 14.0. The van der Waals surface area contributed by atoms with Crippen molar-refractivity contribution in [2.45, 2.75) is 0 Å². The van der Waals surface area contributed by atoms with Gasteiger partial charge in [0.2, 0.25) is 0 Å². The van der Waals surface area contributed by atoms with Crippen LogP contribution in [0, 0.1) is 0 Å². The molecule has 0 saturated heterocycles. The fourth-order valence-electron chi connectivity index (χ4n) is 9.93. The number of benzene rings is 8. The summed E-state index contributed by atoms with van der Waals surface area (Å²) in [6.07, 6.45) is 0. The summed E-state index contributed by atoms with van der Waals surface area (Å²) in [5.41, 5.74) is -6.21. The number of hydrogen-bond donors (Lipinski definition) is 0. The van der Waals surface area contributed by atoms with Crippen molar-refractivity contribution >= 4 is 416 Å². The zero-order chi connectivity index (χ0) is 54.1. The summed E-state index contributed by atoms with van der Waals surface area (Å²) >= 11 is 0. The maximum absolute atomic E-state index is 7.22. The van der Waals surface area contributed by atoms with Crippen molar-refractivity contribution in [2.24, 2.45) is 0 Å². The second-order valence-electron chi connectivity index (χ2n) is 17.6. The molecule has 0 saturated carbocycles. The largest absolute Gasteiger partial charge is 0.457 e. The van der Waals surface area contributed by atoms with E-state index in [9.17, 15) is 0 Å². The number of rotatable bonds is 4. The summed E-state index contributed by atoms with van der Waals surface area (Å²) in [7, 11) is 189. The molecule has 266 valence electrons. The number of furan rings is 1. The van der Waals surface area contributed by atoms with Gasteiger partial charge in [-0.05, 0) is 66.1 Å². The van der Waals surface area contributed by atoms with Crippen LogP contribution in [0.25, 0.3) is 88.0 Å². The van der Waals surface area contributed by atoms with Crippen molar-refractivity contribution in [1.29, 1.82) is 0 Å². The minimum atomic E-state index is -0.291. The van der Waals surface area contributed by atoms with Crippen molar-refractivity contribution in [2.75, 3.05) is 0 Å². The van der Waals surface area contributed by atoms with Crippen LogP contribution in [0.1, 0.15) is 0 Å². The maximum Gasteiger partial charge on any atom is 0.128 e. The highest BCUT2D eigenvalue weighted by atomic mass is 16.3. The Bertz CT molecular complexity index is 3980. The van der Waals surface area contributed by atoms with Crippen LogP contribution in [0.3, 0.4) is 0 Å². The van der Waals surface area contributed by atoms with E-state index in [1.807, 2.05) is 0 Å². The van der Waals surface area contributed by atoms with Gasteiger partial charge in [-0.1, -0.05) is 87.4 Å². The molecule has 0 bridgehead atoms. The molecular formula is C44B28O. The first-order valence-corrected chi connectivity index (χ1v) is 21.2. The van der Waals surface area contributed by atoms with E-state index in [1.54, 1.807) is 0 Å². The van der Waals surface area contributed by atoms with Crippen molar-refractivity contribution in [3.05, 3.63) is 0 Å². The lowest BCUT2D eigenvalue weighted by atomic mass is 9.54. The van der Waals surface area contributed by atoms with Crippen LogP contribution in [0.5, 0.6) is 0 Å². The van der Waals surface area contributed by atoms with Crippen LogP contribution in [0.15, 0.2) is 4.42 Å². The molecule has 73 heavy (non-hydrogen) atoms. The van der Waals surface area contributed by atoms with Gasteiger partial charge < -0.3 is 4.42 Å². The van der Waals surface area contributed by atoms with Crippen LogP contribution >= 0.6 is 0 Å². The van der Waals surface area contributed by atoms with Gasteiger partial charge in [0.25, 0.3) is 0 Å². The first-order chi connectivity index (χ1) is 34.0. The molecule has 0 unspecified atom stereocenters. The molecule has 9 rings (SSSR count). The predicted molar refractivity (Wildman–Crippen MR) is 341 cm³/mol. The summed E-state index contributed by atoms with van der Waals surface area (Å²) in [6.45, 7) is 0. The van der Waals surface area contributed by atoms with Crippen molar-refractivity contribution in [3.63, 3.8) is 0 Å². The first kappa shape index (κ1) is 53.7. The average Bonchev–Trinajstić information content (AvgIpc) is 3.77. The van der Waals surface area contributed by atoms with Gasteiger partial charge in [-0.25, -0.2) is 0 Å². The molecule has 1 nitrogen and oxygen atoms in total. The molecule has 0 aliphatic carbocycles. The van der Waals surface area contributed by atoms with Gasteiger partial charge in [-0.15, -0.1) is 65.6 Å². The van der Waals surface area contributed by atoms with E-state index in [-0.39, 0.29) is 241 Å². The fourth-order valence-corrected chi connectivity index (χ4v) is 9.93. The van der Waals surface area contributed by atoms with Crippen molar-refractivity contribution in [1.82, 2.24) is 0 Å². The average molecular weight is 847 g/mol. The van der Waals surface area contributed by atoms with Gasteiger partial charge in [-0.3, -0.25) is 0 Å². The van der Waals surface area contributed by atoms with E-state index in [2.05, 4.69) is 0 Å². The molecule has 1 aromatic heterocycles. The van der Waals surface area contributed by atoms with Crippen LogP contribution in [-0.2, 0) is 0 Å². The van der Waals surface area contributed by atoms with Crippen LogP contribution in [-0.4, -0.2) is 220 Å². The Hall–Kier alpha value is -4.10. The summed E-state index contributed by atoms with van der Waals surface area (Å²) in [5, 5.41) is -0.0396. The molecule has 9 aromatic rings. The second kappa shape index (κ2) is 18.3. The van der Waals surface area contributed by atoms with E-state index in [1.165, 1.54) is 0 Å². The minimum Gasteiger partial charge on any atom is -0.457 e. The molecule has 29 heteroatoms. The number of fused-ring (bicyclic) bond motifs is 5. The maximum atomic E-state index is 7.22. The van der Waals surface area contributed by atoms with E-state index in [4.69, 9.17) is 224 Å². The van der Waals surface area contributed by atoms with Gasteiger partial charge in [0.05, 0.1) is 0 Å². The second-order valence-corrected chi connectivity index (χ2v) is 17.6. The molecular weight excluding hydrogens is 847 g/mol. The zero-order valence-electron chi connectivity index (χ0n) is 38.6. The van der Waals surface area contributed by atoms with Crippen LogP contribution in [0.4, 0.5) is 0 Å². The third kappa shape index (κ3) is 7.09. The third-order valence-electron chi connectivity index (χ3n) is 14.0. The highest BCUT2D eigenvalue weighted by Gasteiger charge is 2.32. The zero-order valence-corrected chi connectivity index (χ0v) is 38.6. The normalized spacial score (nSPS) is 11.7. The Morgan fingerprint density at radius 1 is 0.123 bits per heavy atom. The Kier molecular flexibility index (Phi) is 13.5. The van der Waals surface area contributed by atoms with Crippen LogP contribution < -0.4 is 153 Å². The Morgan fingerprint density at radius 3 is 0.658 bits per heavy atom. The summed E-state index contributed by atoms with van der Waals surface area (Å²) in [5.74, 6) is 0. The van der Waals surface area contributed by atoms with E-state index in [0.717, 1.165) is 0 Å². The smallest absolute Gasteiger partial charge is 0.128 e. The first-order valence-electron chi connectivity index (χ1n) is 21.2. The molecule has 0 fully saturated rings. The quantitative estimate of drug-likeness (QED) is 0.127. The Morgan fingerprint density at radius 2 is 0.301 bits per heavy atom. The predicted octanol–water partition coefficient (Wildman–Crippen LogP) is -21.2. The summed E-state index contributed by atoms with van der Waals surface area (Å²) in [4.78, 5) is 0. The molecule has 8 aromatic carbocycles. The highest BCUT2D eigenvalue weighted by Crippen LogP contribution is 2.41. The lowest BCUT2D eigenvalue weighted by Gasteiger charge is -2.34. The minimum absolute atomic E-state index is 0.00584. The van der Waals surface area contributed by atoms with Gasteiger partial charge in [0, 0.05) is 10.8 Å². The van der Waals surface area contributed by atoms with Crippen molar-refractivity contribution in [3.8, 4) is 44.5 Å². The fraction of sp³-hybridized carbons (Fsp3) is 0. The monoisotopic (exact) mass is 852 g/mol. The molecule has 0 aliphatic heterocycles. The van der Waals surface area contributed by atoms with Crippen molar-refractivity contribution < 1.29 is 4.42 Å². The van der Waals surface area contributed by atoms with E-state index in [0.29, 0.717) is 0 Å². The van der Waals surface area contributed by atoms with Gasteiger partial charge in [0.1, 0.15) is 231 Å². The van der Waals surface area contributed by atoms with Gasteiger partial charge in [-0.2, -0.15) is 0 Å². The molecule has 0 N–H and O–H groups in total. The molecule has 0 amide bonds. The highest BCUT2D eigenvalue weighted by molar-refractivity contribution is 6.77. The molecule has 0 atom stereocenters. The topological polar surface area (TPSA) is 13.1 Å². The van der Waals surface area contributed by atoms with Gasteiger partial charge >= 0.3 is 0 Å². The van der Waals surface area contributed by atoms with E-state index < -0.39 is 0 Å². The van der Waals surface area contributed by atoms with E-state index >= 15 is 0 Å². The SMILES string of the molecule is [B]c1c([B])c([B])c(-c2c([B])c([B])c([B])c([B])c2-c2c3c([B])c([B])c([B])c([B])c3c(-c3c([B])c([B])c(-c4c([B])c([B])c([B])c5oc6c([B])c([B])c([B])c([B])c6c45)c([B])c3[B])c3c([B])c([B])c([B])c([B])c23)c([B])c1[B]. The Balaban J connectivity index is 1.57. The summed E-state index contributed by atoms with van der Waals surface area (Å²) in [6, 6.07) is 0. The lowest BCUT2D eigenvalue weighted by molar-refractivity contribution is 0.675.